The zero-order valence-electron chi connectivity index (χ0n) is 17.9. The number of esters is 1. The van der Waals surface area contributed by atoms with Crippen LogP contribution in [-0.4, -0.2) is 22.2 Å². The van der Waals surface area contributed by atoms with Crippen molar-refractivity contribution in [1.29, 1.82) is 5.26 Å². The largest absolute Gasteiger partial charge is 0.490 e. The second-order valence-electron chi connectivity index (χ2n) is 7.92. The highest BCUT2D eigenvalue weighted by atomic mass is 16.5. The first-order valence-corrected chi connectivity index (χ1v) is 10.2. The van der Waals surface area contributed by atoms with Crippen LogP contribution in [0.15, 0.2) is 34.9 Å². The fourth-order valence-electron chi connectivity index (χ4n) is 3.85. The molecule has 0 fully saturated rings. The van der Waals surface area contributed by atoms with Crippen LogP contribution in [0.2, 0.25) is 0 Å². The number of aromatic nitrogens is 2. The molecule has 1 unspecified atom stereocenters. The molecule has 1 aromatic heterocycles. The highest BCUT2D eigenvalue weighted by molar-refractivity contribution is 5.68. The summed E-state index contributed by atoms with van der Waals surface area (Å²) in [6.45, 7) is 7.22. The number of carbonyl (C=O) groups is 1. The molecule has 158 valence electrons. The average molecular weight is 417 g/mol. The molecule has 3 aromatic rings. The fourth-order valence-corrected chi connectivity index (χ4v) is 3.85. The number of ether oxygens (including phenoxy) is 2. The first-order valence-electron chi connectivity index (χ1n) is 10.2. The van der Waals surface area contributed by atoms with Crippen LogP contribution >= 0.6 is 0 Å². The molecule has 0 spiro atoms. The Kier molecular flexibility index (Phi) is 5.47. The molecule has 1 heterocycles. The topological polar surface area (TPSA) is 98.2 Å². The van der Waals surface area contributed by atoms with Gasteiger partial charge in [0, 0.05) is 18.1 Å². The Bertz CT molecular complexity index is 1190. The summed E-state index contributed by atoms with van der Waals surface area (Å²) in [5, 5.41) is 13.6. The fraction of sp³-hybridized carbons (Fsp3) is 0.333. The van der Waals surface area contributed by atoms with E-state index in [-0.39, 0.29) is 18.2 Å². The molecule has 0 amide bonds. The van der Waals surface area contributed by atoms with Crippen molar-refractivity contribution in [1.82, 2.24) is 10.1 Å². The molecule has 2 aromatic carbocycles. The van der Waals surface area contributed by atoms with Crippen molar-refractivity contribution in [2.24, 2.45) is 0 Å². The Labute approximate surface area is 180 Å². The molecule has 1 atom stereocenters. The van der Waals surface area contributed by atoms with Crippen molar-refractivity contribution in [2.75, 3.05) is 0 Å². The van der Waals surface area contributed by atoms with Crippen LogP contribution in [0.5, 0.6) is 5.75 Å². The summed E-state index contributed by atoms with van der Waals surface area (Å²) in [6.07, 6.45) is 1.37. The third-order valence-electron chi connectivity index (χ3n) is 5.19. The summed E-state index contributed by atoms with van der Waals surface area (Å²) in [6, 6.07) is 11.5. The van der Waals surface area contributed by atoms with Gasteiger partial charge in [-0.3, -0.25) is 4.79 Å². The lowest BCUT2D eigenvalue weighted by molar-refractivity contribution is -0.146. The van der Waals surface area contributed by atoms with Gasteiger partial charge in [-0.05, 0) is 74.6 Å². The lowest BCUT2D eigenvalue weighted by Gasteiger charge is -2.13. The second-order valence-corrected chi connectivity index (χ2v) is 7.92. The Balaban J connectivity index is 1.64. The monoisotopic (exact) mass is 417 g/mol. The predicted molar refractivity (Wildman–Crippen MR) is 113 cm³/mol. The van der Waals surface area contributed by atoms with Crippen molar-refractivity contribution in [3.63, 3.8) is 0 Å². The van der Waals surface area contributed by atoms with Gasteiger partial charge in [0.1, 0.15) is 17.9 Å². The third-order valence-corrected chi connectivity index (χ3v) is 5.19. The van der Waals surface area contributed by atoms with Crippen molar-refractivity contribution in [3.05, 3.63) is 52.6 Å². The van der Waals surface area contributed by atoms with Crippen molar-refractivity contribution >= 4 is 5.97 Å². The SMILES string of the molecule is CC(=O)OC1CCc2cc(-c3noc(-c4ccc(OC(C)C)c(C#N)c4)n3)c(C)cc21. The average Bonchev–Trinajstić information content (AvgIpc) is 3.34. The smallest absolute Gasteiger partial charge is 0.303 e. The Morgan fingerprint density at radius 2 is 2.10 bits per heavy atom. The van der Waals surface area contributed by atoms with Gasteiger partial charge < -0.3 is 14.0 Å². The quantitative estimate of drug-likeness (QED) is 0.543. The van der Waals surface area contributed by atoms with Crippen molar-refractivity contribution < 1.29 is 18.8 Å². The van der Waals surface area contributed by atoms with Gasteiger partial charge in [0.05, 0.1) is 11.7 Å². The normalized spacial score (nSPS) is 14.9. The zero-order valence-corrected chi connectivity index (χ0v) is 17.9. The van der Waals surface area contributed by atoms with Crippen LogP contribution in [0.25, 0.3) is 22.8 Å². The Hall–Kier alpha value is -3.66. The van der Waals surface area contributed by atoms with E-state index >= 15 is 0 Å². The Morgan fingerprint density at radius 1 is 1.29 bits per heavy atom. The van der Waals surface area contributed by atoms with E-state index in [9.17, 15) is 10.1 Å². The maximum atomic E-state index is 11.4. The number of carbonyl (C=O) groups excluding carboxylic acids is 1. The minimum absolute atomic E-state index is 0.0313. The third kappa shape index (κ3) is 4.15. The minimum Gasteiger partial charge on any atom is -0.490 e. The lowest BCUT2D eigenvalue weighted by Crippen LogP contribution is -2.06. The van der Waals surface area contributed by atoms with E-state index in [1.54, 1.807) is 18.2 Å². The summed E-state index contributed by atoms with van der Waals surface area (Å²) in [7, 11) is 0. The molecule has 7 heteroatoms. The van der Waals surface area contributed by atoms with Crippen LogP contribution in [0.1, 0.15) is 55.5 Å². The summed E-state index contributed by atoms with van der Waals surface area (Å²) >= 11 is 0. The predicted octanol–water partition coefficient (Wildman–Crippen LogP) is 4.92. The maximum Gasteiger partial charge on any atom is 0.303 e. The second kappa shape index (κ2) is 8.23. The number of benzene rings is 2. The van der Waals surface area contributed by atoms with E-state index in [0.717, 1.165) is 35.1 Å². The minimum atomic E-state index is -0.274. The van der Waals surface area contributed by atoms with Gasteiger partial charge in [0.25, 0.3) is 5.89 Å². The van der Waals surface area contributed by atoms with Crippen LogP contribution in [0.4, 0.5) is 0 Å². The van der Waals surface area contributed by atoms with Gasteiger partial charge in [-0.1, -0.05) is 11.2 Å². The van der Waals surface area contributed by atoms with E-state index in [0.29, 0.717) is 28.6 Å². The molecular formula is C24H23N3O4. The van der Waals surface area contributed by atoms with Gasteiger partial charge >= 0.3 is 5.97 Å². The van der Waals surface area contributed by atoms with Crippen molar-refractivity contribution in [3.8, 4) is 34.7 Å². The van der Waals surface area contributed by atoms with E-state index in [1.807, 2.05) is 32.9 Å². The summed E-state index contributed by atoms with van der Waals surface area (Å²) in [5.74, 6) is 1.06. The molecule has 1 aliphatic rings. The summed E-state index contributed by atoms with van der Waals surface area (Å²) in [5.41, 5.74) is 5.08. The summed E-state index contributed by atoms with van der Waals surface area (Å²) < 4.78 is 16.6. The van der Waals surface area contributed by atoms with Crippen molar-refractivity contribution in [2.45, 2.75) is 52.7 Å². The molecule has 1 aliphatic carbocycles. The van der Waals surface area contributed by atoms with E-state index in [1.165, 1.54) is 6.92 Å². The highest BCUT2D eigenvalue weighted by Crippen LogP contribution is 2.38. The molecule has 0 saturated heterocycles. The number of hydrogen-bond donors (Lipinski definition) is 0. The van der Waals surface area contributed by atoms with Gasteiger partial charge in [-0.15, -0.1) is 0 Å². The molecule has 0 N–H and O–H groups in total. The zero-order chi connectivity index (χ0) is 22.1. The number of nitrogens with zero attached hydrogens (tertiary/aromatic N) is 3. The van der Waals surface area contributed by atoms with Crippen LogP contribution < -0.4 is 4.74 Å². The van der Waals surface area contributed by atoms with Crippen LogP contribution in [0, 0.1) is 18.3 Å². The maximum absolute atomic E-state index is 11.4. The molecule has 0 aliphatic heterocycles. The number of hydrogen-bond acceptors (Lipinski definition) is 7. The molecular weight excluding hydrogens is 394 g/mol. The number of rotatable bonds is 5. The molecule has 31 heavy (non-hydrogen) atoms. The lowest BCUT2D eigenvalue weighted by atomic mass is 10.00. The molecule has 0 bridgehead atoms. The van der Waals surface area contributed by atoms with Crippen LogP contribution in [0.3, 0.4) is 0 Å². The summed E-state index contributed by atoms with van der Waals surface area (Å²) in [4.78, 5) is 15.9. The first kappa shape index (κ1) is 20.6. The number of aryl methyl sites for hydroxylation is 2. The van der Waals surface area contributed by atoms with E-state index in [4.69, 9.17) is 14.0 Å². The standard InChI is InChI=1S/C24H23N3O4/c1-13(2)29-21-7-6-17(10-18(21)12-25)24-26-23(27-31-24)19-11-16-5-8-22(30-15(4)28)20(16)9-14(19)3/h6-7,9-11,13,22H,5,8H2,1-4H3. The van der Waals surface area contributed by atoms with E-state index < -0.39 is 0 Å². The Morgan fingerprint density at radius 3 is 2.81 bits per heavy atom. The highest BCUT2D eigenvalue weighted by Gasteiger charge is 2.27. The van der Waals surface area contributed by atoms with Gasteiger partial charge in [0.2, 0.25) is 5.82 Å². The number of nitriles is 1. The first-order chi connectivity index (χ1) is 14.9. The molecule has 7 nitrogen and oxygen atoms in total. The van der Waals surface area contributed by atoms with Gasteiger partial charge in [-0.25, -0.2) is 0 Å². The van der Waals surface area contributed by atoms with Crippen LogP contribution in [-0.2, 0) is 16.0 Å². The molecule has 0 saturated carbocycles. The molecule has 4 rings (SSSR count). The van der Waals surface area contributed by atoms with Gasteiger partial charge in [0.15, 0.2) is 0 Å². The molecule has 0 radical (unpaired) electrons. The van der Waals surface area contributed by atoms with Gasteiger partial charge in [-0.2, -0.15) is 10.2 Å². The number of fused-ring (bicyclic) bond motifs is 1. The van der Waals surface area contributed by atoms with E-state index in [2.05, 4.69) is 16.2 Å².